The number of aliphatic hydroxyl groups is 1. The average Bonchev–Trinajstić information content (AvgIpc) is 2.46. The minimum Gasteiger partial charge on any atom is -0.481 e. The zero-order valence-electron chi connectivity index (χ0n) is 11.4. The summed E-state index contributed by atoms with van der Waals surface area (Å²) in [5, 5.41) is 18.3. The Morgan fingerprint density at radius 1 is 1.10 bits per heavy atom. The van der Waals surface area contributed by atoms with Gasteiger partial charge in [0.2, 0.25) is 0 Å². The van der Waals surface area contributed by atoms with Crippen LogP contribution in [-0.2, 0) is 11.2 Å². The van der Waals surface area contributed by atoms with Gasteiger partial charge in [-0.3, -0.25) is 4.79 Å². The van der Waals surface area contributed by atoms with E-state index in [0.29, 0.717) is 6.42 Å². The fraction of sp³-hybridized carbons (Fsp3) is 0.235. The number of aliphatic carboxylic acids is 1. The summed E-state index contributed by atoms with van der Waals surface area (Å²) >= 11 is 0. The molecular formula is C17H18O3. The number of carboxylic acids is 1. The fourth-order valence-electron chi connectivity index (χ4n) is 2.09. The largest absolute Gasteiger partial charge is 0.481 e. The van der Waals surface area contributed by atoms with Crippen LogP contribution in [0.25, 0.3) is 11.1 Å². The van der Waals surface area contributed by atoms with E-state index in [2.05, 4.69) is 0 Å². The maximum Gasteiger partial charge on any atom is 0.303 e. The van der Waals surface area contributed by atoms with Crippen LogP contribution in [0.15, 0.2) is 48.5 Å². The standard InChI is InChI=1S/C17H18O3/c1-12(18)15-3-2-4-16(11-15)14-8-5-13(6-9-14)7-10-17(19)20/h2-6,8-9,11-12,18H,7,10H2,1H3,(H,19,20). The highest BCUT2D eigenvalue weighted by molar-refractivity contribution is 5.67. The van der Waals surface area contributed by atoms with Gasteiger partial charge in [0.05, 0.1) is 6.10 Å². The molecule has 3 heteroatoms. The van der Waals surface area contributed by atoms with Crippen LogP contribution in [0.3, 0.4) is 0 Å². The summed E-state index contributed by atoms with van der Waals surface area (Å²) in [4.78, 5) is 10.5. The zero-order chi connectivity index (χ0) is 14.5. The predicted molar refractivity (Wildman–Crippen MR) is 78.5 cm³/mol. The normalized spacial score (nSPS) is 12.1. The lowest BCUT2D eigenvalue weighted by Crippen LogP contribution is -1.97. The van der Waals surface area contributed by atoms with E-state index in [-0.39, 0.29) is 6.42 Å². The molecule has 2 N–H and O–H groups in total. The molecule has 0 aliphatic carbocycles. The van der Waals surface area contributed by atoms with Crippen LogP contribution < -0.4 is 0 Å². The first-order valence-electron chi connectivity index (χ1n) is 6.65. The van der Waals surface area contributed by atoms with Crippen LogP contribution in [-0.4, -0.2) is 16.2 Å². The molecular weight excluding hydrogens is 252 g/mol. The fourth-order valence-corrected chi connectivity index (χ4v) is 2.09. The molecule has 1 unspecified atom stereocenters. The van der Waals surface area contributed by atoms with Gasteiger partial charge in [0.1, 0.15) is 0 Å². The average molecular weight is 270 g/mol. The van der Waals surface area contributed by atoms with Gasteiger partial charge >= 0.3 is 5.97 Å². The van der Waals surface area contributed by atoms with E-state index in [1.165, 1.54) is 0 Å². The van der Waals surface area contributed by atoms with E-state index >= 15 is 0 Å². The molecule has 0 aliphatic heterocycles. The van der Waals surface area contributed by atoms with E-state index in [1.54, 1.807) is 6.92 Å². The van der Waals surface area contributed by atoms with Crippen LogP contribution in [0.2, 0.25) is 0 Å². The third-order valence-corrected chi connectivity index (χ3v) is 3.28. The van der Waals surface area contributed by atoms with Gasteiger partial charge < -0.3 is 10.2 Å². The van der Waals surface area contributed by atoms with Crippen LogP contribution >= 0.6 is 0 Å². The minimum absolute atomic E-state index is 0.150. The number of carboxylic acid groups (broad SMARTS) is 1. The summed E-state index contributed by atoms with van der Waals surface area (Å²) in [5.41, 5.74) is 4.01. The third kappa shape index (κ3) is 3.68. The number of hydrogen-bond donors (Lipinski definition) is 2. The molecule has 1 atom stereocenters. The number of aryl methyl sites for hydroxylation is 1. The third-order valence-electron chi connectivity index (χ3n) is 3.28. The van der Waals surface area contributed by atoms with Crippen molar-refractivity contribution in [2.24, 2.45) is 0 Å². The molecule has 20 heavy (non-hydrogen) atoms. The number of aliphatic hydroxyl groups excluding tert-OH is 1. The van der Waals surface area contributed by atoms with Crippen LogP contribution in [0, 0.1) is 0 Å². The first kappa shape index (κ1) is 14.3. The van der Waals surface area contributed by atoms with E-state index in [4.69, 9.17) is 5.11 Å². The first-order valence-corrected chi connectivity index (χ1v) is 6.65. The van der Waals surface area contributed by atoms with Crippen molar-refractivity contribution in [2.45, 2.75) is 25.9 Å². The van der Waals surface area contributed by atoms with Crippen molar-refractivity contribution in [1.82, 2.24) is 0 Å². The molecule has 0 heterocycles. The van der Waals surface area contributed by atoms with E-state index in [1.807, 2.05) is 48.5 Å². The van der Waals surface area contributed by atoms with Crippen molar-refractivity contribution in [3.05, 3.63) is 59.7 Å². The van der Waals surface area contributed by atoms with Crippen molar-refractivity contribution in [3.63, 3.8) is 0 Å². The van der Waals surface area contributed by atoms with Crippen molar-refractivity contribution in [2.75, 3.05) is 0 Å². The second-order valence-corrected chi connectivity index (χ2v) is 4.89. The molecule has 0 fully saturated rings. The van der Waals surface area contributed by atoms with E-state index in [9.17, 15) is 9.90 Å². The van der Waals surface area contributed by atoms with Crippen LogP contribution in [0.1, 0.15) is 30.6 Å². The second kappa shape index (κ2) is 6.35. The zero-order valence-corrected chi connectivity index (χ0v) is 11.4. The van der Waals surface area contributed by atoms with Gasteiger partial charge in [-0.25, -0.2) is 0 Å². The van der Waals surface area contributed by atoms with Gasteiger partial charge in [-0.15, -0.1) is 0 Å². The molecule has 104 valence electrons. The molecule has 2 aromatic rings. The Kier molecular flexibility index (Phi) is 4.53. The molecule has 0 saturated heterocycles. The molecule has 2 aromatic carbocycles. The molecule has 0 saturated carbocycles. The predicted octanol–water partition coefficient (Wildman–Crippen LogP) is 3.42. The SMILES string of the molecule is CC(O)c1cccc(-c2ccc(CCC(=O)O)cc2)c1. The molecule has 0 radical (unpaired) electrons. The molecule has 0 spiro atoms. The van der Waals surface area contributed by atoms with E-state index < -0.39 is 12.1 Å². The minimum atomic E-state index is -0.779. The summed E-state index contributed by atoms with van der Waals surface area (Å²) < 4.78 is 0. The summed E-state index contributed by atoms with van der Waals surface area (Å²) in [6.45, 7) is 1.74. The van der Waals surface area contributed by atoms with Gasteiger partial charge in [-0.2, -0.15) is 0 Å². The van der Waals surface area contributed by atoms with E-state index in [0.717, 1.165) is 22.3 Å². The first-order chi connectivity index (χ1) is 9.56. The van der Waals surface area contributed by atoms with Crippen molar-refractivity contribution >= 4 is 5.97 Å². The number of rotatable bonds is 5. The quantitative estimate of drug-likeness (QED) is 0.875. The topological polar surface area (TPSA) is 57.5 Å². The second-order valence-electron chi connectivity index (χ2n) is 4.89. The van der Waals surface area contributed by atoms with Crippen molar-refractivity contribution in [3.8, 4) is 11.1 Å². The summed E-state index contributed by atoms with van der Waals surface area (Å²) in [7, 11) is 0. The Bertz CT molecular complexity index is 585. The Hall–Kier alpha value is -2.13. The van der Waals surface area contributed by atoms with Crippen LogP contribution in [0.4, 0.5) is 0 Å². The Morgan fingerprint density at radius 3 is 2.40 bits per heavy atom. The number of hydrogen-bond acceptors (Lipinski definition) is 2. The number of benzene rings is 2. The Labute approximate surface area is 118 Å². The van der Waals surface area contributed by atoms with Crippen molar-refractivity contribution < 1.29 is 15.0 Å². The lowest BCUT2D eigenvalue weighted by molar-refractivity contribution is -0.136. The Morgan fingerprint density at radius 2 is 1.80 bits per heavy atom. The molecule has 3 nitrogen and oxygen atoms in total. The highest BCUT2D eigenvalue weighted by Crippen LogP contribution is 2.23. The molecule has 0 aliphatic rings. The highest BCUT2D eigenvalue weighted by atomic mass is 16.4. The van der Waals surface area contributed by atoms with Gasteiger partial charge in [0.15, 0.2) is 0 Å². The summed E-state index contributed by atoms with van der Waals surface area (Å²) in [6.07, 6.45) is 0.213. The molecule has 0 aromatic heterocycles. The number of carbonyl (C=O) groups is 1. The monoisotopic (exact) mass is 270 g/mol. The summed E-state index contributed by atoms with van der Waals surface area (Å²) in [5.74, 6) is -0.779. The summed E-state index contributed by atoms with van der Waals surface area (Å²) in [6, 6.07) is 15.7. The highest BCUT2D eigenvalue weighted by Gasteiger charge is 2.04. The lowest BCUT2D eigenvalue weighted by Gasteiger charge is -2.08. The van der Waals surface area contributed by atoms with Gasteiger partial charge in [0.25, 0.3) is 0 Å². The van der Waals surface area contributed by atoms with Gasteiger partial charge in [-0.1, -0.05) is 42.5 Å². The van der Waals surface area contributed by atoms with Crippen molar-refractivity contribution in [1.29, 1.82) is 0 Å². The van der Waals surface area contributed by atoms with Gasteiger partial charge in [-0.05, 0) is 41.7 Å². The smallest absolute Gasteiger partial charge is 0.303 e. The maximum absolute atomic E-state index is 10.5. The lowest BCUT2D eigenvalue weighted by atomic mass is 9.99. The molecule has 2 rings (SSSR count). The van der Waals surface area contributed by atoms with Crippen LogP contribution in [0.5, 0.6) is 0 Å². The molecule has 0 bridgehead atoms. The molecule has 0 amide bonds. The Balaban J connectivity index is 2.17. The maximum atomic E-state index is 10.5. The van der Waals surface area contributed by atoms with Gasteiger partial charge in [0, 0.05) is 6.42 Å².